The molecule has 0 aliphatic rings. The van der Waals surface area contributed by atoms with Crippen molar-refractivity contribution in [2.45, 2.75) is 20.8 Å². The van der Waals surface area contributed by atoms with Crippen LogP contribution in [0.1, 0.15) is 31.1 Å². The van der Waals surface area contributed by atoms with Crippen molar-refractivity contribution in [3.05, 3.63) is 54.2 Å². The molecule has 0 amide bonds. The monoisotopic (exact) mass is 336 g/mol. The fraction of sp³-hybridized carbons (Fsp3) is 0.211. The Morgan fingerprint density at radius 3 is 2.80 bits per heavy atom. The fourth-order valence-corrected chi connectivity index (χ4v) is 2.89. The predicted octanol–water partition coefficient (Wildman–Crippen LogP) is 4.27. The van der Waals surface area contributed by atoms with Crippen LogP contribution in [0.4, 0.5) is 4.39 Å². The molecule has 126 valence electrons. The smallest absolute Gasteiger partial charge is 0.171 e. The maximum absolute atomic E-state index is 13.4. The summed E-state index contributed by atoms with van der Waals surface area (Å²) >= 11 is 0. The topological polar surface area (TPSA) is 63.6 Å². The third-order valence-corrected chi connectivity index (χ3v) is 4.19. The van der Waals surface area contributed by atoms with Crippen LogP contribution in [0.5, 0.6) is 0 Å². The highest BCUT2D eigenvalue weighted by molar-refractivity contribution is 6.08. The van der Waals surface area contributed by atoms with Crippen LogP contribution >= 0.6 is 0 Å². The number of carbonyl (C=O) groups excluding carboxylic acids is 1. The normalized spacial score (nSPS) is 12.2. The van der Waals surface area contributed by atoms with Crippen molar-refractivity contribution in [1.29, 1.82) is 0 Å². The van der Waals surface area contributed by atoms with Crippen LogP contribution in [-0.2, 0) is 0 Å². The van der Waals surface area contributed by atoms with Gasteiger partial charge in [-0.2, -0.15) is 0 Å². The third-order valence-electron chi connectivity index (χ3n) is 4.19. The lowest BCUT2D eigenvalue weighted by atomic mass is 9.87. The van der Waals surface area contributed by atoms with Crippen molar-refractivity contribution in [3.63, 3.8) is 0 Å². The zero-order valence-electron chi connectivity index (χ0n) is 14.2. The van der Waals surface area contributed by atoms with Gasteiger partial charge in [0.1, 0.15) is 11.3 Å². The fourth-order valence-electron chi connectivity index (χ4n) is 2.89. The summed E-state index contributed by atoms with van der Waals surface area (Å²) in [5.74, 6) is 0.303. The minimum absolute atomic E-state index is 0.00429. The predicted molar refractivity (Wildman–Crippen MR) is 94.5 cm³/mol. The molecule has 0 bridgehead atoms. The van der Waals surface area contributed by atoms with Gasteiger partial charge in [-0.25, -0.2) is 14.4 Å². The Morgan fingerprint density at radius 1 is 1.24 bits per heavy atom. The van der Waals surface area contributed by atoms with Gasteiger partial charge in [-0.1, -0.05) is 20.8 Å². The number of aromatic nitrogens is 4. The zero-order chi connectivity index (χ0) is 17.8. The van der Waals surface area contributed by atoms with Crippen LogP contribution in [-0.4, -0.2) is 25.3 Å². The van der Waals surface area contributed by atoms with Crippen molar-refractivity contribution in [1.82, 2.24) is 19.5 Å². The van der Waals surface area contributed by atoms with E-state index in [4.69, 9.17) is 0 Å². The van der Waals surface area contributed by atoms with Crippen LogP contribution in [0.2, 0.25) is 0 Å². The molecule has 0 atom stereocenters. The third kappa shape index (κ3) is 2.50. The summed E-state index contributed by atoms with van der Waals surface area (Å²) in [7, 11) is 0. The lowest BCUT2D eigenvalue weighted by Crippen LogP contribution is -2.20. The van der Waals surface area contributed by atoms with Gasteiger partial charge in [0, 0.05) is 23.2 Å². The molecule has 0 saturated carbocycles. The molecular weight excluding hydrogens is 319 g/mol. The molecule has 3 aromatic heterocycles. The SMILES string of the molecule is CC(C)(C)C(=O)c1c[nH]c2ncc(-n3ccc4cc(F)ccc43)nc12. The number of halogens is 1. The summed E-state index contributed by atoms with van der Waals surface area (Å²) < 4.78 is 15.2. The molecule has 0 radical (unpaired) electrons. The standard InChI is InChI=1S/C19H17FN4O/c1-19(2,3)17(25)13-9-21-18-16(13)23-15(10-22-18)24-7-6-11-8-12(20)4-5-14(11)24/h4-10H,1-3H3,(H,21,22). The van der Waals surface area contributed by atoms with E-state index >= 15 is 0 Å². The van der Waals surface area contributed by atoms with E-state index in [9.17, 15) is 9.18 Å². The Kier molecular flexibility index (Phi) is 3.25. The summed E-state index contributed by atoms with van der Waals surface area (Å²) in [6.07, 6.45) is 5.11. The van der Waals surface area contributed by atoms with E-state index in [1.54, 1.807) is 18.5 Å². The molecule has 25 heavy (non-hydrogen) atoms. The second-order valence-electron chi connectivity index (χ2n) is 7.10. The molecule has 1 N–H and O–H groups in total. The highest BCUT2D eigenvalue weighted by atomic mass is 19.1. The minimum Gasteiger partial charge on any atom is -0.344 e. The number of H-pyrrole nitrogens is 1. The van der Waals surface area contributed by atoms with Crippen LogP contribution in [0.25, 0.3) is 27.9 Å². The number of fused-ring (bicyclic) bond motifs is 2. The Labute approximate surface area is 143 Å². The number of nitrogens with zero attached hydrogens (tertiary/aromatic N) is 3. The number of hydrogen-bond acceptors (Lipinski definition) is 3. The van der Waals surface area contributed by atoms with Crippen molar-refractivity contribution < 1.29 is 9.18 Å². The molecule has 0 saturated heterocycles. The molecule has 6 heteroatoms. The number of Topliss-reactive ketones (excluding diaryl/α,β-unsaturated/α-hetero) is 1. The van der Waals surface area contributed by atoms with Crippen LogP contribution < -0.4 is 0 Å². The minimum atomic E-state index is -0.509. The Bertz CT molecular complexity index is 1120. The summed E-state index contributed by atoms with van der Waals surface area (Å²) in [5, 5.41) is 0.780. The first kappa shape index (κ1) is 15.5. The van der Waals surface area contributed by atoms with Gasteiger partial charge >= 0.3 is 0 Å². The highest BCUT2D eigenvalue weighted by Gasteiger charge is 2.26. The van der Waals surface area contributed by atoms with E-state index in [0.29, 0.717) is 22.5 Å². The van der Waals surface area contributed by atoms with Crippen molar-refractivity contribution in [2.24, 2.45) is 5.41 Å². The number of carbonyl (C=O) groups is 1. The maximum atomic E-state index is 13.4. The molecule has 3 heterocycles. The largest absolute Gasteiger partial charge is 0.344 e. The van der Waals surface area contributed by atoms with Gasteiger partial charge in [0.15, 0.2) is 17.2 Å². The number of rotatable bonds is 2. The Hall–Kier alpha value is -3.02. The van der Waals surface area contributed by atoms with E-state index in [0.717, 1.165) is 10.9 Å². The summed E-state index contributed by atoms with van der Waals surface area (Å²) in [5.41, 5.74) is 1.96. The average Bonchev–Trinajstić information content (AvgIpc) is 3.15. The van der Waals surface area contributed by atoms with Crippen LogP contribution in [0, 0.1) is 11.2 Å². The van der Waals surface area contributed by atoms with Gasteiger partial charge < -0.3 is 4.98 Å². The number of ketones is 1. The molecule has 0 aliphatic carbocycles. The molecule has 1 aromatic carbocycles. The quantitative estimate of drug-likeness (QED) is 0.556. The second-order valence-corrected chi connectivity index (χ2v) is 7.10. The Balaban J connectivity index is 1.90. The first-order valence-corrected chi connectivity index (χ1v) is 8.00. The number of benzene rings is 1. The summed E-state index contributed by atoms with van der Waals surface area (Å²) in [4.78, 5) is 24.7. The Morgan fingerprint density at radius 2 is 2.04 bits per heavy atom. The molecular formula is C19H17FN4O. The van der Waals surface area contributed by atoms with E-state index < -0.39 is 5.41 Å². The summed E-state index contributed by atoms with van der Waals surface area (Å²) in [6, 6.07) is 6.41. The molecule has 0 fully saturated rings. The van der Waals surface area contributed by atoms with Crippen LogP contribution in [0.15, 0.2) is 42.9 Å². The molecule has 0 aliphatic heterocycles. The van der Waals surface area contributed by atoms with E-state index in [-0.39, 0.29) is 11.6 Å². The molecule has 4 rings (SSSR count). The van der Waals surface area contributed by atoms with E-state index in [1.165, 1.54) is 12.1 Å². The van der Waals surface area contributed by atoms with Gasteiger partial charge in [-0.3, -0.25) is 9.36 Å². The highest BCUT2D eigenvalue weighted by Crippen LogP contribution is 2.26. The molecule has 5 nitrogen and oxygen atoms in total. The van der Waals surface area contributed by atoms with E-state index in [1.807, 2.05) is 37.6 Å². The van der Waals surface area contributed by atoms with Crippen LogP contribution in [0.3, 0.4) is 0 Å². The lowest BCUT2D eigenvalue weighted by molar-refractivity contribution is 0.0860. The van der Waals surface area contributed by atoms with Gasteiger partial charge in [0.25, 0.3) is 0 Å². The van der Waals surface area contributed by atoms with Gasteiger partial charge in [-0.15, -0.1) is 0 Å². The number of hydrogen-bond donors (Lipinski definition) is 1. The average molecular weight is 336 g/mol. The van der Waals surface area contributed by atoms with E-state index in [2.05, 4.69) is 15.0 Å². The molecule has 0 unspecified atom stereocenters. The zero-order valence-corrected chi connectivity index (χ0v) is 14.2. The molecule has 0 spiro atoms. The van der Waals surface area contributed by atoms with Gasteiger partial charge in [0.2, 0.25) is 0 Å². The van der Waals surface area contributed by atoms with Crippen molar-refractivity contribution >= 4 is 27.9 Å². The van der Waals surface area contributed by atoms with Gasteiger partial charge in [-0.05, 0) is 24.3 Å². The van der Waals surface area contributed by atoms with Crippen molar-refractivity contribution in [3.8, 4) is 5.82 Å². The second kappa shape index (κ2) is 5.24. The molecule has 4 aromatic rings. The lowest BCUT2D eigenvalue weighted by Gasteiger charge is -2.15. The first-order valence-electron chi connectivity index (χ1n) is 8.00. The number of aromatic amines is 1. The maximum Gasteiger partial charge on any atom is 0.171 e. The summed E-state index contributed by atoms with van der Waals surface area (Å²) in [6.45, 7) is 5.62. The van der Waals surface area contributed by atoms with Gasteiger partial charge in [0.05, 0.1) is 17.3 Å². The number of nitrogens with one attached hydrogen (secondary N) is 1. The van der Waals surface area contributed by atoms with Crippen molar-refractivity contribution in [2.75, 3.05) is 0 Å². The first-order chi connectivity index (χ1) is 11.8.